The Kier molecular flexibility index (Phi) is 8.06. The molecule has 2 aliphatic rings. The molecule has 0 atom stereocenters. The summed E-state index contributed by atoms with van der Waals surface area (Å²) in [5, 5.41) is 0. The van der Waals surface area contributed by atoms with Crippen LogP contribution in [0.3, 0.4) is 0 Å². The smallest absolute Gasteiger partial charge is 0.266 e. The van der Waals surface area contributed by atoms with Crippen LogP contribution >= 0.6 is 23.5 Å². The van der Waals surface area contributed by atoms with Crippen LogP contribution in [-0.2, 0) is 0 Å². The predicted octanol–water partition coefficient (Wildman–Crippen LogP) is 8.01. The molecule has 0 aromatic heterocycles. The van der Waals surface area contributed by atoms with E-state index >= 15 is 0 Å². The summed E-state index contributed by atoms with van der Waals surface area (Å²) in [7, 11) is 0. The highest BCUT2D eigenvalue weighted by molar-refractivity contribution is 8.02. The normalized spacial score (nSPS) is 13.8. The number of hydrogen-bond acceptors (Lipinski definition) is 8. The lowest BCUT2D eigenvalue weighted by Gasteiger charge is -2.25. The monoisotopic (exact) mass is 670 g/mol. The summed E-state index contributed by atoms with van der Waals surface area (Å²) >= 11 is 2.92. The van der Waals surface area contributed by atoms with Gasteiger partial charge in [0.15, 0.2) is 0 Å². The average Bonchev–Trinajstić information content (AvgIpc) is 3.49. The molecule has 0 aliphatic carbocycles. The maximum absolute atomic E-state index is 14.0. The number of carbonyl (C=O) groups excluding carboxylic acids is 4. The zero-order valence-corrected chi connectivity index (χ0v) is 27.8. The van der Waals surface area contributed by atoms with Gasteiger partial charge in [-0.15, -0.1) is 23.5 Å². The largest absolute Gasteiger partial charge is 0.399 e. The molecular weight excluding hydrogens is 641 g/mol. The van der Waals surface area contributed by atoms with Gasteiger partial charge in [0.25, 0.3) is 23.6 Å². The molecule has 238 valence electrons. The van der Waals surface area contributed by atoms with Crippen LogP contribution in [0, 0.1) is 0 Å². The minimum absolute atomic E-state index is 0.313. The van der Waals surface area contributed by atoms with Crippen LogP contribution in [0.4, 0.5) is 22.7 Å². The van der Waals surface area contributed by atoms with Crippen molar-refractivity contribution in [3.8, 4) is 22.3 Å². The van der Waals surface area contributed by atoms with Gasteiger partial charge in [-0.05, 0) is 94.4 Å². The number of rotatable bonds is 8. The average molecular weight is 671 g/mol. The number of carbonyl (C=O) groups is 4. The minimum Gasteiger partial charge on any atom is -0.399 e. The van der Waals surface area contributed by atoms with Crippen LogP contribution in [0.15, 0.2) is 107 Å². The third-order valence-electron chi connectivity index (χ3n) is 8.39. The molecule has 2 heterocycles. The van der Waals surface area contributed by atoms with Gasteiger partial charge < -0.3 is 11.5 Å². The SMILES string of the molecule is CCSc1c(N2C(=O)c3ccc(-c4ccc(N)cc4)cc3C2=O)ccc(N2C(=O)c3ccc(-c4ccc(N)cc4)cc3C2=O)c1SCC. The lowest BCUT2D eigenvalue weighted by molar-refractivity contribution is 0.0908. The quantitative estimate of drug-likeness (QED) is 0.0966. The van der Waals surface area contributed by atoms with E-state index in [1.165, 1.54) is 33.3 Å². The fraction of sp³-hybridized carbons (Fsp3) is 0.105. The highest BCUT2D eigenvalue weighted by atomic mass is 32.2. The van der Waals surface area contributed by atoms with Crippen LogP contribution in [0.1, 0.15) is 55.3 Å². The van der Waals surface area contributed by atoms with Crippen LogP contribution in [0.25, 0.3) is 22.3 Å². The minimum atomic E-state index is -0.429. The fourth-order valence-corrected chi connectivity index (χ4v) is 8.11. The van der Waals surface area contributed by atoms with E-state index in [0.29, 0.717) is 66.3 Å². The molecule has 4 amide bonds. The highest BCUT2D eigenvalue weighted by Crippen LogP contribution is 2.48. The lowest BCUT2D eigenvalue weighted by atomic mass is 10.00. The van der Waals surface area contributed by atoms with Gasteiger partial charge in [-0.25, -0.2) is 9.80 Å². The zero-order chi connectivity index (χ0) is 33.7. The summed E-state index contributed by atoms with van der Waals surface area (Å²) < 4.78 is 0. The number of fused-ring (bicyclic) bond motifs is 2. The second kappa shape index (κ2) is 12.4. The van der Waals surface area contributed by atoms with Gasteiger partial charge in [-0.2, -0.15) is 0 Å². The summed E-state index contributed by atoms with van der Waals surface area (Å²) in [5.74, 6) is -0.445. The number of benzene rings is 5. The van der Waals surface area contributed by atoms with E-state index in [9.17, 15) is 19.2 Å². The Bertz CT molecular complexity index is 2010. The molecule has 2 aliphatic heterocycles. The Balaban J connectivity index is 1.28. The summed E-state index contributed by atoms with van der Waals surface area (Å²) in [5.41, 5.74) is 18.4. The molecule has 4 N–H and O–H groups in total. The number of nitrogens with zero attached hydrogens (tertiary/aromatic N) is 2. The maximum Gasteiger partial charge on any atom is 0.266 e. The van der Waals surface area contributed by atoms with E-state index in [1.807, 2.05) is 50.2 Å². The van der Waals surface area contributed by atoms with E-state index in [4.69, 9.17) is 11.5 Å². The van der Waals surface area contributed by atoms with E-state index in [0.717, 1.165) is 22.3 Å². The fourth-order valence-electron chi connectivity index (χ4n) is 6.09. The molecule has 5 aromatic carbocycles. The number of amides is 4. The van der Waals surface area contributed by atoms with Crippen molar-refractivity contribution in [2.24, 2.45) is 0 Å². The van der Waals surface area contributed by atoms with Gasteiger partial charge in [0.1, 0.15) is 0 Å². The Labute approximate surface area is 286 Å². The number of imide groups is 2. The molecule has 0 spiro atoms. The molecule has 0 bridgehead atoms. The number of thioether (sulfide) groups is 2. The lowest BCUT2D eigenvalue weighted by Crippen LogP contribution is -2.32. The first-order valence-electron chi connectivity index (χ1n) is 15.4. The molecule has 8 nitrogen and oxygen atoms in total. The number of hydrogen-bond donors (Lipinski definition) is 2. The first-order chi connectivity index (χ1) is 23.2. The predicted molar refractivity (Wildman–Crippen MR) is 194 cm³/mol. The molecule has 7 rings (SSSR count). The first-order valence-corrected chi connectivity index (χ1v) is 17.4. The standard InChI is InChI=1S/C38H30N4O4S2/c1-3-47-33-31(41-35(43)27-15-9-23(19-29(27)37(41)45)21-5-11-25(39)12-6-21)17-18-32(34(33)48-4-2)42-36(44)28-16-10-24(20-30(28)38(42)46)22-7-13-26(40)14-8-22/h5-20H,3-4,39-40H2,1-2H3. The highest BCUT2D eigenvalue weighted by Gasteiger charge is 2.42. The van der Waals surface area contributed by atoms with E-state index in [1.54, 1.807) is 60.7 Å². The Hall–Kier alpha value is -5.32. The van der Waals surface area contributed by atoms with Crippen molar-refractivity contribution in [2.75, 3.05) is 32.8 Å². The summed E-state index contributed by atoms with van der Waals surface area (Å²) in [6.07, 6.45) is 0. The molecular formula is C38H30N4O4S2. The first kappa shape index (κ1) is 31.3. The summed E-state index contributed by atoms with van der Waals surface area (Å²) in [6, 6.07) is 28.5. The van der Waals surface area contributed by atoms with Crippen molar-refractivity contribution in [1.82, 2.24) is 0 Å². The maximum atomic E-state index is 14.0. The molecule has 0 fully saturated rings. The van der Waals surface area contributed by atoms with Crippen molar-refractivity contribution in [3.05, 3.63) is 119 Å². The van der Waals surface area contributed by atoms with Crippen molar-refractivity contribution in [2.45, 2.75) is 23.6 Å². The second-order valence-corrected chi connectivity index (χ2v) is 13.8. The van der Waals surface area contributed by atoms with Crippen LogP contribution in [0.2, 0.25) is 0 Å². The molecule has 10 heteroatoms. The Morgan fingerprint density at radius 3 is 1.15 bits per heavy atom. The van der Waals surface area contributed by atoms with Gasteiger partial charge in [-0.3, -0.25) is 19.2 Å². The van der Waals surface area contributed by atoms with Gasteiger partial charge >= 0.3 is 0 Å². The molecule has 0 saturated carbocycles. The molecule has 0 saturated heterocycles. The van der Waals surface area contributed by atoms with Crippen LogP contribution < -0.4 is 21.3 Å². The Morgan fingerprint density at radius 2 is 0.792 bits per heavy atom. The van der Waals surface area contributed by atoms with Gasteiger partial charge in [0, 0.05) is 21.2 Å². The molecule has 0 unspecified atom stereocenters. The third kappa shape index (κ3) is 5.14. The molecule has 0 radical (unpaired) electrons. The topological polar surface area (TPSA) is 127 Å². The summed E-state index contributed by atoms with van der Waals surface area (Å²) in [6.45, 7) is 3.95. The zero-order valence-electron chi connectivity index (χ0n) is 26.2. The number of nitrogens with two attached hydrogens (primary N) is 2. The van der Waals surface area contributed by atoms with Gasteiger partial charge in [-0.1, -0.05) is 50.2 Å². The number of anilines is 4. The van der Waals surface area contributed by atoms with E-state index in [-0.39, 0.29) is 0 Å². The van der Waals surface area contributed by atoms with E-state index < -0.39 is 23.6 Å². The van der Waals surface area contributed by atoms with E-state index in [2.05, 4.69) is 0 Å². The molecule has 48 heavy (non-hydrogen) atoms. The van der Waals surface area contributed by atoms with Gasteiger partial charge in [0.05, 0.1) is 33.6 Å². The van der Waals surface area contributed by atoms with Crippen molar-refractivity contribution >= 4 is 69.9 Å². The van der Waals surface area contributed by atoms with Gasteiger partial charge in [0.2, 0.25) is 0 Å². The second-order valence-electron chi connectivity index (χ2n) is 11.3. The van der Waals surface area contributed by atoms with Crippen molar-refractivity contribution < 1.29 is 19.2 Å². The van der Waals surface area contributed by atoms with Crippen molar-refractivity contribution in [1.29, 1.82) is 0 Å². The summed E-state index contributed by atoms with van der Waals surface area (Å²) in [4.78, 5) is 59.4. The number of nitrogen functional groups attached to an aromatic ring is 2. The van der Waals surface area contributed by atoms with Crippen LogP contribution in [0.5, 0.6) is 0 Å². The third-order valence-corrected chi connectivity index (χ3v) is 10.5. The Morgan fingerprint density at radius 1 is 0.458 bits per heavy atom. The van der Waals surface area contributed by atoms with Crippen LogP contribution in [-0.4, -0.2) is 35.1 Å². The molecule has 5 aromatic rings. The van der Waals surface area contributed by atoms with Crippen molar-refractivity contribution in [3.63, 3.8) is 0 Å².